The Balaban J connectivity index is 1.47. The number of nitrogens with one attached hydrogen (secondary N) is 1. The van der Waals surface area contributed by atoms with E-state index in [0.29, 0.717) is 40.1 Å². The smallest absolute Gasteiger partial charge is 0.279 e. The topological polar surface area (TPSA) is 70.5 Å². The highest BCUT2D eigenvalue weighted by Crippen LogP contribution is 2.24. The van der Waals surface area contributed by atoms with Gasteiger partial charge < -0.3 is 15.2 Å². The molecule has 1 unspecified atom stereocenters. The summed E-state index contributed by atoms with van der Waals surface area (Å²) in [6.45, 7) is 4.36. The van der Waals surface area contributed by atoms with Gasteiger partial charge in [-0.05, 0) is 61.7 Å². The van der Waals surface area contributed by atoms with Crippen LogP contribution in [0.1, 0.15) is 53.0 Å². The molecule has 182 valence electrons. The van der Waals surface area contributed by atoms with Crippen LogP contribution in [0.5, 0.6) is 0 Å². The normalized spacial score (nSPS) is 16.2. The van der Waals surface area contributed by atoms with Crippen molar-refractivity contribution < 1.29 is 4.79 Å². The molecule has 2 aromatic carbocycles. The van der Waals surface area contributed by atoms with Crippen molar-refractivity contribution in [1.29, 1.82) is 0 Å². The van der Waals surface area contributed by atoms with Crippen LogP contribution in [0.15, 0.2) is 53.3 Å². The maximum Gasteiger partial charge on any atom is 0.279 e. The minimum atomic E-state index is -0.115. The number of amides is 1. The van der Waals surface area contributed by atoms with Crippen molar-refractivity contribution in [1.82, 2.24) is 14.6 Å². The number of benzene rings is 2. The number of anilines is 1. The van der Waals surface area contributed by atoms with Gasteiger partial charge >= 0.3 is 0 Å². The van der Waals surface area contributed by atoms with Gasteiger partial charge in [0.15, 0.2) is 0 Å². The van der Waals surface area contributed by atoms with Crippen molar-refractivity contribution in [2.75, 3.05) is 30.0 Å². The number of carbonyl (C=O) groups excluding carboxylic acids is 1. The summed E-state index contributed by atoms with van der Waals surface area (Å²) in [5.41, 5.74) is 2.82. The summed E-state index contributed by atoms with van der Waals surface area (Å²) in [7, 11) is 0. The molecule has 7 nitrogen and oxygen atoms in total. The van der Waals surface area contributed by atoms with Gasteiger partial charge in [0.25, 0.3) is 11.5 Å². The molecule has 35 heavy (non-hydrogen) atoms. The van der Waals surface area contributed by atoms with Crippen molar-refractivity contribution in [3.05, 3.63) is 91.3 Å². The zero-order chi connectivity index (χ0) is 24.5. The molecule has 3 aromatic rings. The van der Waals surface area contributed by atoms with Crippen LogP contribution >= 0.6 is 23.2 Å². The Morgan fingerprint density at radius 3 is 2.26 bits per heavy atom. The van der Waals surface area contributed by atoms with Crippen LogP contribution in [0.3, 0.4) is 0 Å². The van der Waals surface area contributed by atoms with Crippen LogP contribution in [0.2, 0.25) is 10.0 Å². The van der Waals surface area contributed by atoms with E-state index >= 15 is 0 Å². The molecule has 0 aliphatic carbocycles. The predicted octanol–water partition coefficient (Wildman–Crippen LogP) is 4.65. The molecule has 2 aliphatic heterocycles. The first-order chi connectivity index (χ1) is 16.9. The summed E-state index contributed by atoms with van der Waals surface area (Å²) in [5.74, 6) is 0.425. The molecule has 1 saturated heterocycles. The molecule has 0 radical (unpaired) electrons. The highest BCUT2D eigenvalue weighted by Gasteiger charge is 2.29. The second kappa shape index (κ2) is 9.91. The van der Waals surface area contributed by atoms with E-state index in [1.165, 1.54) is 0 Å². The summed E-state index contributed by atoms with van der Waals surface area (Å²) in [4.78, 5) is 33.5. The SMILES string of the molecule is CC(Nc1nc2c(c(=O)n1N1CCCC1)CN(C(=O)c1ccc(Cl)cc1)CC2)c1ccc(Cl)cc1. The lowest BCUT2D eigenvalue weighted by atomic mass is 10.1. The maximum atomic E-state index is 13.8. The third-order valence-corrected chi connectivity index (χ3v) is 7.17. The van der Waals surface area contributed by atoms with E-state index in [0.717, 1.165) is 37.2 Å². The summed E-state index contributed by atoms with van der Waals surface area (Å²) in [6, 6.07) is 14.4. The fraction of sp³-hybridized carbons (Fsp3) is 0.346. The number of carbonyl (C=O) groups is 1. The lowest BCUT2D eigenvalue weighted by molar-refractivity contribution is 0.0732. The van der Waals surface area contributed by atoms with Gasteiger partial charge in [0, 0.05) is 41.7 Å². The van der Waals surface area contributed by atoms with E-state index in [4.69, 9.17) is 28.2 Å². The molecular weight excluding hydrogens is 485 g/mol. The number of halogens is 2. The number of hydrogen-bond donors (Lipinski definition) is 1. The van der Waals surface area contributed by atoms with Crippen molar-refractivity contribution >= 4 is 35.1 Å². The van der Waals surface area contributed by atoms with Gasteiger partial charge in [0.05, 0.1) is 23.8 Å². The lowest BCUT2D eigenvalue weighted by Crippen LogP contribution is -2.47. The van der Waals surface area contributed by atoms with E-state index in [1.807, 2.05) is 36.2 Å². The molecule has 5 rings (SSSR count). The fourth-order valence-electron chi connectivity index (χ4n) is 4.70. The summed E-state index contributed by atoms with van der Waals surface area (Å²) >= 11 is 12.0. The first-order valence-electron chi connectivity index (χ1n) is 11.9. The van der Waals surface area contributed by atoms with Crippen LogP contribution in [0.25, 0.3) is 0 Å². The van der Waals surface area contributed by atoms with Gasteiger partial charge in [0.1, 0.15) is 0 Å². The average Bonchev–Trinajstić information content (AvgIpc) is 3.39. The van der Waals surface area contributed by atoms with Gasteiger partial charge in [-0.25, -0.2) is 4.98 Å². The molecule has 1 fully saturated rings. The van der Waals surface area contributed by atoms with Crippen LogP contribution < -0.4 is 15.9 Å². The number of aromatic nitrogens is 2. The zero-order valence-electron chi connectivity index (χ0n) is 19.5. The largest absolute Gasteiger partial charge is 0.348 e. The molecule has 0 bridgehead atoms. The Hall–Kier alpha value is -3.03. The van der Waals surface area contributed by atoms with Gasteiger partial charge in [-0.2, -0.15) is 4.68 Å². The van der Waals surface area contributed by atoms with Crippen molar-refractivity contribution in [2.24, 2.45) is 0 Å². The van der Waals surface area contributed by atoms with E-state index in [-0.39, 0.29) is 24.1 Å². The molecule has 2 aliphatic rings. The first-order valence-corrected chi connectivity index (χ1v) is 12.6. The minimum absolute atomic E-state index is 0.0716. The van der Waals surface area contributed by atoms with Crippen molar-refractivity contribution in [2.45, 2.75) is 38.8 Å². The molecular formula is C26H27Cl2N5O2. The van der Waals surface area contributed by atoms with Crippen molar-refractivity contribution in [3.8, 4) is 0 Å². The van der Waals surface area contributed by atoms with Gasteiger partial charge in [0.2, 0.25) is 5.95 Å². The highest BCUT2D eigenvalue weighted by atomic mass is 35.5. The van der Waals surface area contributed by atoms with E-state index < -0.39 is 0 Å². The number of rotatable bonds is 5. The van der Waals surface area contributed by atoms with E-state index in [2.05, 4.69) is 5.32 Å². The van der Waals surface area contributed by atoms with Gasteiger partial charge in [-0.15, -0.1) is 0 Å². The first kappa shape index (κ1) is 23.7. The van der Waals surface area contributed by atoms with E-state index in [1.54, 1.807) is 33.8 Å². The Morgan fingerprint density at radius 2 is 1.60 bits per heavy atom. The predicted molar refractivity (Wildman–Crippen MR) is 139 cm³/mol. The van der Waals surface area contributed by atoms with Gasteiger partial charge in [-0.3, -0.25) is 9.59 Å². The Bertz CT molecular complexity index is 1280. The number of hydrogen-bond acceptors (Lipinski definition) is 5. The molecule has 3 heterocycles. The maximum absolute atomic E-state index is 13.8. The minimum Gasteiger partial charge on any atom is -0.348 e. The van der Waals surface area contributed by atoms with Crippen LogP contribution in [-0.4, -0.2) is 40.1 Å². The Morgan fingerprint density at radius 1 is 0.971 bits per heavy atom. The Kier molecular flexibility index (Phi) is 6.71. The Labute approximate surface area is 214 Å². The molecule has 9 heteroatoms. The monoisotopic (exact) mass is 511 g/mol. The van der Waals surface area contributed by atoms with Crippen LogP contribution in [-0.2, 0) is 13.0 Å². The van der Waals surface area contributed by atoms with Crippen LogP contribution in [0.4, 0.5) is 5.95 Å². The standard InChI is InChI=1S/C26H27Cl2N5O2/c1-17(18-4-8-20(27)9-5-18)29-26-30-23-12-15-31(24(34)19-6-10-21(28)11-7-19)16-22(23)25(35)33(26)32-13-2-3-14-32/h4-11,17H,2-3,12-16H2,1H3,(H,29,30). The van der Waals surface area contributed by atoms with Crippen molar-refractivity contribution in [3.63, 3.8) is 0 Å². The fourth-order valence-corrected chi connectivity index (χ4v) is 4.95. The summed E-state index contributed by atoms with van der Waals surface area (Å²) in [6.07, 6.45) is 2.57. The second-order valence-corrected chi connectivity index (χ2v) is 9.91. The quantitative estimate of drug-likeness (QED) is 0.539. The molecule has 1 amide bonds. The zero-order valence-corrected chi connectivity index (χ0v) is 21.0. The third kappa shape index (κ3) is 4.88. The number of fused-ring (bicyclic) bond motifs is 1. The molecule has 0 saturated carbocycles. The molecule has 1 atom stereocenters. The number of nitrogens with zero attached hydrogens (tertiary/aromatic N) is 4. The summed E-state index contributed by atoms with van der Waals surface area (Å²) < 4.78 is 1.68. The van der Waals surface area contributed by atoms with E-state index in [9.17, 15) is 9.59 Å². The highest BCUT2D eigenvalue weighted by molar-refractivity contribution is 6.30. The van der Waals surface area contributed by atoms with Crippen LogP contribution in [0, 0.1) is 0 Å². The third-order valence-electron chi connectivity index (χ3n) is 6.67. The lowest BCUT2D eigenvalue weighted by Gasteiger charge is -2.31. The molecule has 0 spiro atoms. The average molecular weight is 512 g/mol. The summed E-state index contributed by atoms with van der Waals surface area (Å²) in [5, 5.41) is 6.76. The van der Waals surface area contributed by atoms with Gasteiger partial charge in [-0.1, -0.05) is 35.3 Å². The molecule has 1 aromatic heterocycles. The molecule has 1 N–H and O–H groups in total. The second-order valence-electron chi connectivity index (χ2n) is 9.04.